The third kappa shape index (κ3) is 9.68. The number of para-hydroxylation sites is 8. The first-order valence-electron chi connectivity index (χ1n) is 39.3. The van der Waals surface area contributed by atoms with Gasteiger partial charge in [-0.3, -0.25) is 0 Å². The maximum Gasteiger partial charge on any atom is 0.0547 e. The fourth-order valence-electron chi connectivity index (χ4n) is 19.1. The molecule has 0 atom stereocenters. The largest absolute Gasteiger partial charge is 0.309 e. The average Bonchev–Trinajstić information content (AvgIpc) is 1.56. The van der Waals surface area contributed by atoms with Crippen molar-refractivity contribution < 1.29 is 0 Å². The van der Waals surface area contributed by atoms with Gasteiger partial charge >= 0.3 is 0 Å². The SMILES string of the molecule is c1ccc(-n2c3ccccc3c3cc(-c4ccc5c(c4)c4c(-c6ccc7c8ccccc8n(-c8ccc(-c9ccc(-n%10c%11ccccc%11c%11cc(-c%12ccc%13c(c%12)c%12ccc(-c%14cccc%15c%14c%14ccccc%14n%15-c%14ccccc%14)cc%12n%13-c%12ccccc%12)ccc%11%10)cc9)cc8)c7c6)cccc4n5-c4ccccc4)ccc32)cc1. The second-order valence-corrected chi connectivity index (χ2v) is 30.3. The first-order valence-corrected chi connectivity index (χ1v) is 39.3. The van der Waals surface area contributed by atoms with Gasteiger partial charge in [0.05, 0.1) is 66.2 Å². The van der Waals surface area contributed by atoms with Crippen molar-refractivity contribution in [1.29, 1.82) is 0 Å². The monoisotopic (exact) mass is 1450 g/mol. The summed E-state index contributed by atoms with van der Waals surface area (Å²) in [6.45, 7) is 0. The van der Waals surface area contributed by atoms with Crippen molar-refractivity contribution >= 4 is 131 Å². The van der Waals surface area contributed by atoms with Gasteiger partial charge in [0.1, 0.15) is 0 Å². The molecular formula is C108H68N6. The average molecular weight is 1450 g/mol. The van der Waals surface area contributed by atoms with E-state index in [9.17, 15) is 0 Å². The van der Waals surface area contributed by atoms with Crippen molar-refractivity contribution in [2.75, 3.05) is 0 Å². The molecule has 24 aromatic rings. The van der Waals surface area contributed by atoms with E-state index in [1.165, 1.54) is 164 Å². The van der Waals surface area contributed by atoms with Crippen LogP contribution in [0, 0.1) is 0 Å². The zero-order valence-corrected chi connectivity index (χ0v) is 61.9. The first-order chi connectivity index (χ1) is 56.6. The molecule has 6 nitrogen and oxygen atoms in total. The Labute approximate surface area is 656 Å². The quantitative estimate of drug-likeness (QED) is 0.124. The lowest BCUT2D eigenvalue weighted by atomic mass is 9.96. The van der Waals surface area contributed by atoms with E-state index in [2.05, 4.69) is 440 Å². The Morgan fingerprint density at radius 1 is 0.114 bits per heavy atom. The number of fused-ring (bicyclic) bond motifs is 18. The van der Waals surface area contributed by atoms with E-state index in [1.54, 1.807) is 0 Å². The molecule has 6 heteroatoms. The first kappa shape index (κ1) is 63.7. The standard InChI is InChI=1S/C108H68N6/c1-5-23-77(24-6-1)109-96-38-18-14-32-86(96)91-64-73(50-59-99(91)109)74-52-62-102-94(66-74)108-84(36-22-42-104(108)112(102)79-27-9-3-10-28-79)76-47-57-88-85-31-13-17-37-95(85)114(105(88)67-76)82-55-45-70(46-56-82)69-43-53-81(54-44-69)110-97-39-19-15-33-87(97)92-63-71(49-60-100(92)110)72-51-61-101-93(65-72)89-58-48-75(68-106(89)113(101)80-29-11-4-12-30-80)83-35-21-41-103-107(83)90-34-16-20-40-98(90)111(103)78-25-7-2-8-26-78/h1-68H. The van der Waals surface area contributed by atoms with E-state index < -0.39 is 0 Å². The van der Waals surface area contributed by atoms with E-state index in [0.717, 1.165) is 56.3 Å². The highest BCUT2D eigenvalue weighted by atomic mass is 15.0. The second kappa shape index (κ2) is 25.2. The van der Waals surface area contributed by atoms with E-state index >= 15 is 0 Å². The van der Waals surface area contributed by atoms with Crippen LogP contribution in [-0.4, -0.2) is 27.4 Å². The molecule has 6 heterocycles. The number of rotatable bonds is 11. The predicted octanol–water partition coefficient (Wildman–Crippen LogP) is 28.6. The number of benzene rings is 18. The number of hydrogen-bond acceptors (Lipinski definition) is 0. The van der Waals surface area contributed by atoms with Gasteiger partial charge in [0.25, 0.3) is 0 Å². The van der Waals surface area contributed by atoms with Crippen LogP contribution in [0.2, 0.25) is 0 Å². The molecule has 0 fully saturated rings. The molecule has 0 aliphatic carbocycles. The topological polar surface area (TPSA) is 29.6 Å². The third-order valence-corrected chi connectivity index (χ3v) is 24.2. The van der Waals surface area contributed by atoms with Gasteiger partial charge in [-0.1, -0.05) is 243 Å². The Bertz CT molecular complexity index is 8050. The smallest absolute Gasteiger partial charge is 0.0547 e. The van der Waals surface area contributed by atoms with E-state index in [4.69, 9.17) is 0 Å². The maximum absolute atomic E-state index is 2.46. The molecule has 6 aromatic heterocycles. The minimum Gasteiger partial charge on any atom is -0.309 e. The predicted molar refractivity (Wildman–Crippen MR) is 480 cm³/mol. The van der Waals surface area contributed by atoms with Crippen molar-refractivity contribution in [2.45, 2.75) is 0 Å². The van der Waals surface area contributed by atoms with Gasteiger partial charge in [0.2, 0.25) is 0 Å². The summed E-state index contributed by atoms with van der Waals surface area (Å²) in [5.74, 6) is 0. The fourth-order valence-corrected chi connectivity index (χ4v) is 19.1. The van der Waals surface area contributed by atoms with Gasteiger partial charge in [-0.15, -0.1) is 0 Å². The second-order valence-electron chi connectivity index (χ2n) is 30.3. The molecule has 0 unspecified atom stereocenters. The van der Waals surface area contributed by atoms with Crippen molar-refractivity contribution in [3.8, 4) is 89.8 Å². The molecule has 0 aliphatic rings. The Balaban J connectivity index is 0.567. The molecule has 530 valence electrons. The zero-order chi connectivity index (χ0) is 74.6. The van der Waals surface area contributed by atoms with E-state index in [0.29, 0.717) is 0 Å². The van der Waals surface area contributed by atoms with Crippen molar-refractivity contribution in [2.24, 2.45) is 0 Å². The van der Waals surface area contributed by atoms with Crippen LogP contribution in [0.4, 0.5) is 0 Å². The molecule has 0 radical (unpaired) electrons. The van der Waals surface area contributed by atoms with E-state index in [-0.39, 0.29) is 0 Å². The fraction of sp³-hybridized carbons (Fsp3) is 0. The highest BCUT2D eigenvalue weighted by Gasteiger charge is 2.24. The van der Waals surface area contributed by atoms with Crippen LogP contribution < -0.4 is 0 Å². The number of aromatic nitrogens is 6. The highest BCUT2D eigenvalue weighted by Crippen LogP contribution is 2.47. The van der Waals surface area contributed by atoms with Gasteiger partial charge in [-0.2, -0.15) is 0 Å². The lowest BCUT2D eigenvalue weighted by Gasteiger charge is -2.12. The van der Waals surface area contributed by atoms with Gasteiger partial charge in [0, 0.05) is 98.8 Å². The summed E-state index contributed by atoms with van der Waals surface area (Å²) in [5, 5.41) is 14.7. The highest BCUT2D eigenvalue weighted by molar-refractivity contribution is 6.21. The van der Waals surface area contributed by atoms with Crippen LogP contribution in [0.1, 0.15) is 0 Å². The Morgan fingerprint density at radius 3 is 0.737 bits per heavy atom. The summed E-state index contributed by atoms with van der Waals surface area (Å²) in [6.07, 6.45) is 0. The van der Waals surface area contributed by atoms with Crippen molar-refractivity contribution in [3.63, 3.8) is 0 Å². The number of nitrogens with zero attached hydrogens (tertiary/aromatic N) is 6. The normalized spacial score (nSPS) is 12.0. The van der Waals surface area contributed by atoms with Crippen molar-refractivity contribution in [3.05, 3.63) is 413 Å². The zero-order valence-electron chi connectivity index (χ0n) is 61.9. The molecule has 0 saturated heterocycles. The van der Waals surface area contributed by atoms with Crippen LogP contribution >= 0.6 is 0 Å². The van der Waals surface area contributed by atoms with Crippen LogP contribution in [-0.2, 0) is 0 Å². The lowest BCUT2D eigenvalue weighted by Crippen LogP contribution is -1.95. The summed E-state index contributed by atoms with van der Waals surface area (Å²) in [5.41, 5.74) is 32.7. The maximum atomic E-state index is 2.46. The van der Waals surface area contributed by atoms with E-state index in [1.807, 2.05) is 0 Å². The van der Waals surface area contributed by atoms with Crippen molar-refractivity contribution in [1.82, 2.24) is 27.4 Å². The molecule has 114 heavy (non-hydrogen) atoms. The molecule has 0 saturated carbocycles. The molecule has 0 N–H and O–H groups in total. The lowest BCUT2D eigenvalue weighted by molar-refractivity contribution is 1.18. The van der Waals surface area contributed by atoms with Crippen LogP contribution in [0.25, 0.3) is 221 Å². The van der Waals surface area contributed by atoms with Gasteiger partial charge in [-0.05, 0) is 225 Å². The summed E-state index contributed by atoms with van der Waals surface area (Å²) in [4.78, 5) is 0. The molecule has 18 aromatic carbocycles. The van der Waals surface area contributed by atoms with Crippen LogP contribution in [0.5, 0.6) is 0 Å². The summed E-state index contributed by atoms with van der Waals surface area (Å²) in [6, 6.07) is 153. The summed E-state index contributed by atoms with van der Waals surface area (Å²) >= 11 is 0. The molecule has 0 bridgehead atoms. The summed E-state index contributed by atoms with van der Waals surface area (Å²) in [7, 11) is 0. The molecule has 24 rings (SSSR count). The van der Waals surface area contributed by atoms with Gasteiger partial charge in [0.15, 0.2) is 0 Å². The molecule has 0 aliphatic heterocycles. The minimum absolute atomic E-state index is 1.11. The molecular weight excluding hydrogens is 1380 g/mol. The van der Waals surface area contributed by atoms with Gasteiger partial charge in [-0.25, -0.2) is 0 Å². The van der Waals surface area contributed by atoms with Crippen LogP contribution in [0.15, 0.2) is 413 Å². The van der Waals surface area contributed by atoms with Gasteiger partial charge < -0.3 is 27.4 Å². The minimum atomic E-state index is 1.11. The Kier molecular flexibility index (Phi) is 14.0. The Hall–Kier alpha value is -15.2. The third-order valence-electron chi connectivity index (χ3n) is 24.2. The number of hydrogen-bond donors (Lipinski definition) is 0. The molecule has 0 spiro atoms. The van der Waals surface area contributed by atoms with Crippen LogP contribution in [0.3, 0.4) is 0 Å². The molecule has 0 amide bonds. The Morgan fingerprint density at radius 2 is 0.351 bits per heavy atom. The summed E-state index contributed by atoms with van der Waals surface area (Å²) < 4.78 is 14.6.